The summed E-state index contributed by atoms with van der Waals surface area (Å²) in [6, 6.07) is 7.33. The van der Waals surface area contributed by atoms with Crippen molar-refractivity contribution in [3.8, 4) is 11.5 Å². The van der Waals surface area contributed by atoms with Crippen molar-refractivity contribution in [2.24, 2.45) is 0 Å². The molecule has 6 nitrogen and oxygen atoms in total. The highest BCUT2D eigenvalue weighted by Gasteiger charge is 2.36. The van der Waals surface area contributed by atoms with Crippen molar-refractivity contribution in [1.29, 1.82) is 0 Å². The van der Waals surface area contributed by atoms with Crippen molar-refractivity contribution >= 4 is 17.5 Å². The van der Waals surface area contributed by atoms with Gasteiger partial charge < -0.3 is 19.6 Å². The molecule has 214 valence electrons. The molecule has 0 aromatic heterocycles. The Bertz CT molecular complexity index is 1170. The Kier molecular flexibility index (Phi) is 8.92. The lowest BCUT2D eigenvalue weighted by molar-refractivity contribution is -0.137. The minimum Gasteiger partial charge on any atom is -0.506 e. The summed E-state index contributed by atoms with van der Waals surface area (Å²) in [6.45, 7) is 3.01. The molecule has 2 aliphatic rings. The number of likely N-dealkylation sites (tertiary alicyclic amines) is 1. The number of amides is 1. The molecule has 0 spiro atoms. The summed E-state index contributed by atoms with van der Waals surface area (Å²) in [7, 11) is 1.24. The normalized spacial score (nSPS) is 20.7. The number of benzene rings is 2. The lowest BCUT2D eigenvalue weighted by atomic mass is 9.99. The van der Waals surface area contributed by atoms with Crippen LogP contribution in [0.1, 0.15) is 34.3 Å². The molecule has 1 N–H and O–H groups in total. The molecule has 2 aromatic carbocycles. The number of aromatic hydroxyl groups is 1. The molecule has 2 saturated heterocycles. The van der Waals surface area contributed by atoms with Crippen LogP contribution in [0.15, 0.2) is 36.4 Å². The van der Waals surface area contributed by atoms with Gasteiger partial charge in [-0.05, 0) is 42.3 Å². The fourth-order valence-corrected chi connectivity index (χ4v) is 5.20. The van der Waals surface area contributed by atoms with Crippen molar-refractivity contribution in [1.82, 2.24) is 14.7 Å². The van der Waals surface area contributed by atoms with E-state index >= 15 is 0 Å². The van der Waals surface area contributed by atoms with Crippen LogP contribution in [0.3, 0.4) is 0 Å². The molecule has 0 aliphatic carbocycles. The SMILES string of the molecule is COc1cc(C(=O)N2CCN(CCN3CCC(F)(F)CC3)CC2Cc2ccc(Cl)c(O)c2)cc(C(F)(F)F)c1. The van der Waals surface area contributed by atoms with Gasteiger partial charge in [-0.15, -0.1) is 0 Å². The molecule has 39 heavy (non-hydrogen) atoms. The number of hydrogen-bond donors (Lipinski definition) is 1. The number of alkyl halides is 5. The monoisotopic (exact) mass is 575 g/mol. The van der Waals surface area contributed by atoms with Gasteiger partial charge in [-0.2, -0.15) is 13.2 Å². The average Bonchev–Trinajstić information content (AvgIpc) is 2.89. The number of hydrogen-bond acceptors (Lipinski definition) is 5. The summed E-state index contributed by atoms with van der Waals surface area (Å²) >= 11 is 5.94. The molecule has 2 aliphatic heterocycles. The molecule has 0 radical (unpaired) electrons. The predicted octanol–water partition coefficient (Wildman–Crippen LogP) is 5.17. The molecule has 4 rings (SSSR count). The lowest BCUT2D eigenvalue weighted by Crippen LogP contribution is -2.57. The molecule has 0 bridgehead atoms. The van der Waals surface area contributed by atoms with E-state index in [1.807, 2.05) is 4.90 Å². The summed E-state index contributed by atoms with van der Waals surface area (Å²) in [5, 5.41) is 10.2. The van der Waals surface area contributed by atoms with Crippen molar-refractivity contribution in [2.45, 2.75) is 37.4 Å². The van der Waals surface area contributed by atoms with Crippen LogP contribution in [-0.2, 0) is 12.6 Å². The Labute approximate surface area is 228 Å². The van der Waals surface area contributed by atoms with Crippen molar-refractivity contribution in [3.63, 3.8) is 0 Å². The van der Waals surface area contributed by atoms with Gasteiger partial charge in [0.25, 0.3) is 11.8 Å². The van der Waals surface area contributed by atoms with Crippen LogP contribution in [0.25, 0.3) is 0 Å². The Morgan fingerprint density at radius 1 is 1.05 bits per heavy atom. The zero-order valence-corrected chi connectivity index (χ0v) is 22.2. The summed E-state index contributed by atoms with van der Waals surface area (Å²) in [4.78, 5) is 19.3. The number of carbonyl (C=O) groups excluding carboxylic acids is 1. The maximum atomic E-state index is 13.6. The third-order valence-electron chi connectivity index (χ3n) is 7.35. The topological polar surface area (TPSA) is 56.2 Å². The average molecular weight is 576 g/mol. The van der Waals surface area contributed by atoms with Crippen LogP contribution < -0.4 is 4.74 Å². The third kappa shape index (κ3) is 7.52. The first kappa shape index (κ1) is 29.4. The Hall–Kier alpha value is -2.63. The predicted molar refractivity (Wildman–Crippen MR) is 137 cm³/mol. The zero-order chi connectivity index (χ0) is 28.4. The number of rotatable bonds is 7. The van der Waals surface area contributed by atoms with Gasteiger partial charge in [-0.3, -0.25) is 9.69 Å². The quantitative estimate of drug-likeness (QED) is 0.462. The molecule has 2 fully saturated rings. The first-order valence-corrected chi connectivity index (χ1v) is 13.1. The van der Waals surface area contributed by atoms with E-state index in [4.69, 9.17) is 16.3 Å². The molecular weight excluding hydrogens is 545 g/mol. The fraction of sp³-hybridized carbons (Fsp3) is 0.519. The number of phenolic OH excluding ortho intramolecular Hbond substituents is 1. The molecule has 2 aromatic rings. The summed E-state index contributed by atoms with van der Waals surface area (Å²) < 4.78 is 72.5. The minimum atomic E-state index is -4.65. The van der Waals surface area contributed by atoms with Gasteiger partial charge in [0.15, 0.2) is 0 Å². The summed E-state index contributed by atoms with van der Waals surface area (Å²) in [5.41, 5.74) is -0.398. The summed E-state index contributed by atoms with van der Waals surface area (Å²) in [5.74, 6) is -3.35. The number of nitrogens with zero attached hydrogens (tertiary/aromatic N) is 3. The van der Waals surface area contributed by atoms with Crippen LogP contribution in [0.2, 0.25) is 5.02 Å². The molecule has 1 unspecified atom stereocenters. The molecule has 1 amide bonds. The van der Waals surface area contributed by atoms with Gasteiger partial charge in [-0.25, -0.2) is 8.78 Å². The number of ether oxygens (including phenoxy) is 1. The summed E-state index contributed by atoms with van der Waals surface area (Å²) in [6.07, 6.45) is -4.66. The Morgan fingerprint density at radius 2 is 1.74 bits per heavy atom. The zero-order valence-electron chi connectivity index (χ0n) is 21.5. The van der Waals surface area contributed by atoms with E-state index in [1.54, 1.807) is 17.0 Å². The standard InChI is InChI=1S/C27H31ClF5N3O3/c1-39-22-15-19(14-20(16-22)27(31,32)33)25(38)36-11-10-35(9-8-34-6-4-26(29,30)5-7-34)17-21(36)12-18-2-3-23(28)24(37)13-18/h2-3,13-16,21,37H,4-12,17H2,1H3. The second kappa shape index (κ2) is 11.9. The van der Waals surface area contributed by atoms with Crippen molar-refractivity contribution < 1.29 is 36.6 Å². The highest BCUT2D eigenvalue weighted by Crippen LogP contribution is 2.34. The van der Waals surface area contributed by atoms with Crippen LogP contribution in [-0.4, -0.2) is 90.6 Å². The van der Waals surface area contributed by atoms with Gasteiger partial charge in [0.05, 0.1) is 17.7 Å². The maximum absolute atomic E-state index is 13.6. The van der Waals surface area contributed by atoms with E-state index in [9.17, 15) is 31.9 Å². The number of piperidine rings is 1. The first-order valence-electron chi connectivity index (χ1n) is 12.7. The Balaban J connectivity index is 1.53. The molecule has 12 heteroatoms. The number of piperazine rings is 1. The fourth-order valence-electron chi connectivity index (χ4n) is 5.08. The number of halogens is 6. The van der Waals surface area contributed by atoms with E-state index < -0.39 is 29.6 Å². The van der Waals surface area contributed by atoms with Gasteiger partial charge in [0.1, 0.15) is 11.5 Å². The maximum Gasteiger partial charge on any atom is 0.416 e. The van der Waals surface area contributed by atoms with Crippen LogP contribution in [0.4, 0.5) is 22.0 Å². The van der Waals surface area contributed by atoms with E-state index in [0.717, 1.165) is 12.1 Å². The van der Waals surface area contributed by atoms with Crippen LogP contribution in [0.5, 0.6) is 11.5 Å². The largest absolute Gasteiger partial charge is 0.506 e. The van der Waals surface area contributed by atoms with Crippen molar-refractivity contribution in [2.75, 3.05) is 52.9 Å². The second-order valence-electron chi connectivity index (χ2n) is 10.1. The Morgan fingerprint density at radius 3 is 2.38 bits per heavy atom. The first-order chi connectivity index (χ1) is 18.3. The second-order valence-corrected chi connectivity index (χ2v) is 10.5. The van der Waals surface area contributed by atoms with Gasteiger partial charge in [-0.1, -0.05) is 17.7 Å². The van der Waals surface area contributed by atoms with E-state index in [-0.39, 0.29) is 41.5 Å². The van der Waals surface area contributed by atoms with Crippen LogP contribution >= 0.6 is 11.6 Å². The smallest absolute Gasteiger partial charge is 0.416 e. The molecule has 0 saturated carbocycles. The number of phenols is 1. The van der Waals surface area contributed by atoms with Gasteiger partial charge in [0, 0.05) is 70.3 Å². The molecular formula is C27H31ClF5N3O3. The highest BCUT2D eigenvalue weighted by atomic mass is 35.5. The van der Waals surface area contributed by atoms with Crippen LogP contribution in [0, 0.1) is 0 Å². The van der Waals surface area contributed by atoms with E-state index in [1.165, 1.54) is 19.2 Å². The van der Waals surface area contributed by atoms with Gasteiger partial charge in [0.2, 0.25) is 0 Å². The number of carbonyl (C=O) groups is 1. The van der Waals surface area contributed by atoms with Gasteiger partial charge >= 0.3 is 6.18 Å². The lowest BCUT2D eigenvalue weighted by Gasteiger charge is -2.42. The number of methoxy groups -OCH3 is 1. The highest BCUT2D eigenvalue weighted by molar-refractivity contribution is 6.32. The third-order valence-corrected chi connectivity index (χ3v) is 7.67. The van der Waals surface area contributed by atoms with E-state index in [2.05, 4.69) is 4.90 Å². The molecule has 2 heterocycles. The van der Waals surface area contributed by atoms with Crippen molar-refractivity contribution in [3.05, 3.63) is 58.1 Å². The molecule has 1 atom stereocenters. The minimum absolute atomic E-state index is 0.0712. The van der Waals surface area contributed by atoms with E-state index in [0.29, 0.717) is 51.3 Å².